The highest BCUT2D eigenvalue weighted by molar-refractivity contribution is 6.34. The Morgan fingerprint density at radius 3 is 2.50 bits per heavy atom. The monoisotopic (exact) mass is 622 g/mol. The number of carbonyl (C=O) groups is 3. The number of aromatic nitrogens is 1. The molecule has 0 unspecified atom stereocenters. The lowest BCUT2D eigenvalue weighted by molar-refractivity contribution is -0.127. The molecule has 10 nitrogen and oxygen atoms in total. The summed E-state index contributed by atoms with van der Waals surface area (Å²) in [6.07, 6.45) is 5.43. The number of amides is 3. The van der Waals surface area contributed by atoms with Gasteiger partial charge in [-0.2, -0.15) is 0 Å². The molecule has 3 fully saturated rings. The van der Waals surface area contributed by atoms with Crippen LogP contribution in [-0.4, -0.2) is 73.4 Å². The van der Waals surface area contributed by atoms with Crippen LogP contribution in [0.2, 0.25) is 5.02 Å². The fraction of sp³-hybridized carbons (Fsp3) is 0.438. The van der Waals surface area contributed by atoms with E-state index in [2.05, 4.69) is 25.4 Å². The molecule has 3 aromatic rings. The predicted molar refractivity (Wildman–Crippen MR) is 166 cm³/mol. The molecule has 0 spiro atoms. The van der Waals surface area contributed by atoms with Crippen molar-refractivity contribution < 1.29 is 23.2 Å². The number of piperazine rings is 1. The first kappa shape index (κ1) is 29.9. The van der Waals surface area contributed by atoms with Crippen LogP contribution in [0.15, 0.2) is 41.0 Å². The van der Waals surface area contributed by atoms with E-state index in [0.29, 0.717) is 69.4 Å². The first-order valence-electron chi connectivity index (χ1n) is 15.2. The smallest absolute Gasteiger partial charge is 0.277 e. The van der Waals surface area contributed by atoms with Crippen molar-refractivity contribution >= 4 is 46.4 Å². The van der Waals surface area contributed by atoms with Gasteiger partial charge in [-0.05, 0) is 62.4 Å². The lowest BCUT2D eigenvalue weighted by Crippen LogP contribution is -2.47. The summed E-state index contributed by atoms with van der Waals surface area (Å²) in [5, 5.41) is 6.09. The van der Waals surface area contributed by atoms with Crippen LogP contribution < -0.4 is 20.4 Å². The number of rotatable bonds is 10. The fourth-order valence-corrected chi connectivity index (χ4v) is 6.06. The van der Waals surface area contributed by atoms with Crippen LogP contribution >= 0.6 is 11.6 Å². The minimum atomic E-state index is -0.445. The summed E-state index contributed by atoms with van der Waals surface area (Å²) < 4.78 is 19.5. The van der Waals surface area contributed by atoms with Crippen LogP contribution in [0.1, 0.15) is 70.3 Å². The largest absolute Gasteiger partial charge is 0.448 e. The van der Waals surface area contributed by atoms with E-state index in [0.717, 1.165) is 37.1 Å². The molecule has 2 aromatic carbocycles. The van der Waals surface area contributed by atoms with Crippen LogP contribution in [0.4, 0.5) is 21.5 Å². The zero-order chi connectivity index (χ0) is 30.8. The van der Waals surface area contributed by atoms with Gasteiger partial charge in [0.25, 0.3) is 11.8 Å². The average molecular weight is 623 g/mol. The Morgan fingerprint density at radius 1 is 1.05 bits per heavy atom. The summed E-state index contributed by atoms with van der Waals surface area (Å²) in [6, 6.07) is 8.09. The molecule has 12 heteroatoms. The van der Waals surface area contributed by atoms with Crippen molar-refractivity contribution in [1.29, 1.82) is 0 Å². The number of nitrogens with one attached hydrogen (secondary N) is 2. The average Bonchev–Trinajstić information content (AvgIpc) is 3.60. The van der Waals surface area contributed by atoms with E-state index in [1.54, 1.807) is 24.3 Å². The molecule has 44 heavy (non-hydrogen) atoms. The van der Waals surface area contributed by atoms with Crippen molar-refractivity contribution in [3.63, 3.8) is 0 Å². The number of nitrogens with zero attached hydrogens (tertiary/aromatic N) is 4. The Kier molecular flexibility index (Phi) is 8.74. The van der Waals surface area contributed by atoms with Crippen LogP contribution in [0.5, 0.6) is 0 Å². The maximum atomic E-state index is 14.0. The fourth-order valence-electron chi connectivity index (χ4n) is 5.81. The Hall–Kier alpha value is -4.12. The van der Waals surface area contributed by atoms with Crippen LogP contribution in [-0.2, 0) is 4.79 Å². The molecular formula is C32H36ClFN6O4. The Balaban J connectivity index is 1.19. The highest BCUT2D eigenvalue weighted by Gasteiger charge is 2.30. The zero-order valence-electron chi connectivity index (χ0n) is 24.7. The van der Waals surface area contributed by atoms with Gasteiger partial charge in [0, 0.05) is 63.8 Å². The molecule has 6 rings (SSSR count). The van der Waals surface area contributed by atoms with E-state index in [-0.39, 0.29) is 39.8 Å². The minimum absolute atomic E-state index is 0.151. The third-order valence-corrected chi connectivity index (χ3v) is 8.77. The number of halogens is 2. The number of carbonyl (C=O) groups excluding carboxylic acids is 3. The number of anilines is 3. The summed E-state index contributed by atoms with van der Waals surface area (Å²) >= 11 is 6.68. The highest BCUT2D eigenvalue weighted by Crippen LogP contribution is 2.39. The molecule has 3 aliphatic rings. The second-order valence-electron chi connectivity index (χ2n) is 11.6. The highest BCUT2D eigenvalue weighted by atomic mass is 35.5. The first-order valence-corrected chi connectivity index (χ1v) is 15.6. The number of likely N-dealkylation sites (tertiary alicyclic amines) is 1. The SMILES string of the molecule is Cc1ccc(F)cc1N1CCN(c2cc(Cl)c(C(=O)NCCCN3CCCC3=O)cc2NC(=O)c2coc(C3CC3)n2)CC1. The molecule has 1 aromatic heterocycles. The van der Waals surface area contributed by atoms with Crippen molar-refractivity contribution in [3.05, 3.63) is 70.1 Å². The molecular weight excluding hydrogens is 587 g/mol. The predicted octanol–water partition coefficient (Wildman–Crippen LogP) is 4.97. The molecule has 0 radical (unpaired) electrons. The number of aryl methyl sites for hydroxylation is 1. The third-order valence-electron chi connectivity index (χ3n) is 8.45. The Morgan fingerprint density at radius 2 is 1.80 bits per heavy atom. The lowest BCUT2D eigenvalue weighted by Gasteiger charge is -2.38. The number of hydrogen-bond donors (Lipinski definition) is 2. The van der Waals surface area contributed by atoms with Crippen LogP contribution in [0.25, 0.3) is 0 Å². The van der Waals surface area contributed by atoms with Crippen molar-refractivity contribution in [2.24, 2.45) is 0 Å². The van der Waals surface area contributed by atoms with Crippen LogP contribution in [0, 0.1) is 12.7 Å². The standard InChI is InChI=1S/C32H36ClFN6O4/c1-20-5-8-22(34)16-27(20)38-12-14-39(15-13-38)28-18-24(33)23(30(42)35-9-3-11-40-10-2-4-29(40)41)17-25(28)36-31(43)26-19-44-32(37-26)21-6-7-21/h5,8,16-19,21H,2-4,6-7,9-15H2,1H3,(H,35,42)(H,36,43). The molecule has 1 saturated carbocycles. The van der Waals surface area contributed by atoms with E-state index < -0.39 is 5.91 Å². The molecule has 2 N–H and O–H groups in total. The van der Waals surface area contributed by atoms with Crippen molar-refractivity contribution in [1.82, 2.24) is 15.2 Å². The first-order chi connectivity index (χ1) is 21.3. The van der Waals surface area contributed by atoms with Gasteiger partial charge in [0.1, 0.15) is 12.1 Å². The molecule has 3 amide bonds. The molecule has 0 bridgehead atoms. The van der Waals surface area contributed by atoms with Crippen molar-refractivity contribution in [2.75, 3.05) is 60.9 Å². The van der Waals surface area contributed by atoms with E-state index in [1.165, 1.54) is 12.3 Å². The van der Waals surface area contributed by atoms with E-state index in [1.807, 2.05) is 11.8 Å². The zero-order valence-corrected chi connectivity index (χ0v) is 25.5. The molecule has 0 atom stereocenters. The van der Waals surface area contributed by atoms with Gasteiger partial charge in [-0.25, -0.2) is 9.37 Å². The van der Waals surface area contributed by atoms with Gasteiger partial charge in [-0.3, -0.25) is 14.4 Å². The molecule has 3 heterocycles. The van der Waals surface area contributed by atoms with E-state index in [9.17, 15) is 18.8 Å². The van der Waals surface area contributed by atoms with Crippen molar-refractivity contribution in [2.45, 2.75) is 44.9 Å². The Bertz CT molecular complexity index is 1570. The van der Waals surface area contributed by atoms with Gasteiger partial charge in [0.15, 0.2) is 11.6 Å². The number of hydrogen-bond acceptors (Lipinski definition) is 7. The summed E-state index contributed by atoms with van der Waals surface area (Å²) in [5.74, 6) is -0.112. The lowest BCUT2D eigenvalue weighted by atomic mass is 10.1. The van der Waals surface area contributed by atoms with Crippen LogP contribution in [0.3, 0.4) is 0 Å². The summed E-state index contributed by atoms with van der Waals surface area (Å²) in [7, 11) is 0. The van der Waals surface area contributed by atoms with Gasteiger partial charge in [0.2, 0.25) is 5.91 Å². The summed E-state index contributed by atoms with van der Waals surface area (Å²) in [6.45, 7) is 6.13. The maximum absolute atomic E-state index is 14.0. The second kappa shape index (κ2) is 12.9. The molecule has 2 saturated heterocycles. The van der Waals surface area contributed by atoms with Crippen molar-refractivity contribution in [3.8, 4) is 0 Å². The minimum Gasteiger partial charge on any atom is -0.448 e. The topological polar surface area (TPSA) is 111 Å². The second-order valence-corrected chi connectivity index (χ2v) is 12.1. The number of benzene rings is 2. The van der Waals surface area contributed by atoms with Gasteiger partial charge in [0.05, 0.1) is 22.0 Å². The van der Waals surface area contributed by atoms with Gasteiger partial charge >= 0.3 is 0 Å². The number of oxazole rings is 1. The van der Waals surface area contributed by atoms with E-state index in [4.69, 9.17) is 16.0 Å². The normalized spacial score (nSPS) is 16.9. The van der Waals surface area contributed by atoms with Gasteiger partial charge in [-0.1, -0.05) is 17.7 Å². The quantitative estimate of drug-likeness (QED) is 0.307. The third kappa shape index (κ3) is 6.67. The van der Waals surface area contributed by atoms with E-state index >= 15 is 0 Å². The Labute approximate surface area is 260 Å². The van der Waals surface area contributed by atoms with Gasteiger partial charge in [-0.15, -0.1) is 0 Å². The molecule has 2 aliphatic heterocycles. The summed E-state index contributed by atoms with van der Waals surface area (Å²) in [5.41, 5.74) is 3.36. The molecule has 232 valence electrons. The molecule has 1 aliphatic carbocycles. The van der Waals surface area contributed by atoms with Gasteiger partial charge < -0.3 is 29.8 Å². The maximum Gasteiger partial charge on any atom is 0.277 e. The summed E-state index contributed by atoms with van der Waals surface area (Å²) in [4.78, 5) is 48.8.